The van der Waals surface area contributed by atoms with Crippen molar-refractivity contribution in [2.45, 2.75) is 6.54 Å². The minimum atomic E-state index is -1.20. The number of hydrogen-bond acceptors (Lipinski definition) is 8. The number of nitrogens with two attached hydrogens (primary N) is 2. The number of amides is 1. The fraction of sp³-hybridized carbons (Fsp3) is 0.0800. The molecule has 0 saturated carbocycles. The molecule has 0 bridgehead atoms. The first-order valence-corrected chi connectivity index (χ1v) is 12.6. The van der Waals surface area contributed by atoms with Gasteiger partial charge in [0.25, 0.3) is 5.91 Å². The summed E-state index contributed by atoms with van der Waals surface area (Å²) in [4.78, 5) is 53.7. The van der Waals surface area contributed by atoms with Gasteiger partial charge in [-0.25, -0.2) is 14.6 Å². The fourth-order valence-corrected chi connectivity index (χ4v) is 5.28. The molecule has 194 valence electrons. The zero-order valence-corrected chi connectivity index (χ0v) is 21.1. The predicted molar refractivity (Wildman–Crippen MR) is 142 cm³/mol. The van der Waals surface area contributed by atoms with Crippen molar-refractivity contribution in [3.8, 4) is 5.75 Å². The summed E-state index contributed by atoms with van der Waals surface area (Å²) in [5, 5.41) is 20.7. The maximum Gasteiger partial charge on any atom is 0.345 e. The Morgan fingerprint density at radius 1 is 0.947 bits per heavy atom. The normalized spacial score (nSPS) is 10.6. The van der Waals surface area contributed by atoms with Crippen molar-refractivity contribution in [3.05, 3.63) is 80.9 Å². The third-order valence-electron chi connectivity index (χ3n) is 5.13. The lowest BCUT2D eigenvalue weighted by Crippen LogP contribution is -2.34. The quantitative estimate of drug-likeness (QED) is 0.104. The molecule has 0 aliphatic heterocycles. The standard InChI is InChI=1S/C25H20N4O7S2/c26-25(27)28-16-4-1-14(2-5-16)24(35)36-17-6-3-15-8-19(38-18(15)9-17)22(32)29(11-21(30)31)10-13-7-20(23(33)34)37-12-13/h1-9,12H,10-11H2,(H,30,31)(H,33,34)(H4,26,27,28). The maximum absolute atomic E-state index is 13.2. The zero-order chi connectivity index (χ0) is 27.4. The van der Waals surface area contributed by atoms with Crippen LogP contribution in [-0.2, 0) is 11.3 Å². The Kier molecular flexibility index (Phi) is 7.69. The van der Waals surface area contributed by atoms with Crippen molar-refractivity contribution in [2.24, 2.45) is 16.5 Å². The molecule has 0 unspecified atom stereocenters. The van der Waals surface area contributed by atoms with Gasteiger partial charge in [-0.3, -0.25) is 9.59 Å². The van der Waals surface area contributed by atoms with Crippen LogP contribution < -0.4 is 16.2 Å². The summed E-state index contributed by atoms with van der Waals surface area (Å²) in [6, 6.07) is 14.1. The Balaban J connectivity index is 1.51. The van der Waals surface area contributed by atoms with E-state index in [2.05, 4.69) is 4.99 Å². The number of aromatic carboxylic acids is 1. The van der Waals surface area contributed by atoms with E-state index in [1.807, 2.05) is 0 Å². The second-order valence-electron chi connectivity index (χ2n) is 7.96. The molecule has 0 aliphatic rings. The van der Waals surface area contributed by atoms with Crippen LogP contribution in [0, 0.1) is 0 Å². The van der Waals surface area contributed by atoms with Crippen LogP contribution in [0.5, 0.6) is 5.75 Å². The van der Waals surface area contributed by atoms with Gasteiger partial charge in [0.15, 0.2) is 5.96 Å². The van der Waals surface area contributed by atoms with Gasteiger partial charge in [0.2, 0.25) is 0 Å². The van der Waals surface area contributed by atoms with E-state index in [1.165, 1.54) is 18.2 Å². The van der Waals surface area contributed by atoms with Crippen LogP contribution >= 0.6 is 22.7 Å². The van der Waals surface area contributed by atoms with Gasteiger partial charge in [-0.05, 0) is 70.9 Å². The molecule has 0 radical (unpaired) electrons. The average molecular weight is 553 g/mol. The summed E-state index contributed by atoms with van der Waals surface area (Å²) >= 11 is 2.12. The number of nitrogens with zero attached hydrogens (tertiary/aromatic N) is 2. The number of aliphatic carboxylic acids is 1. The number of carbonyl (C=O) groups is 4. The minimum absolute atomic E-state index is 0.0615. The Bertz CT molecular complexity index is 1570. The number of esters is 1. The summed E-state index contributed by atoms with van der Waals surface area (Å²) < 4.78 is 6.12. The highest BCUT2D eigenvalue weighted by Gasteiger charge is 2.22. The number of aliphatic imine (C=N–C) groups is 1. The second-order valence-corrected chi connectivity index (χ2v) is 9.96. The van der Waals surface area contributed by atoms with Crippen LogP contribution in [0.4, 0.5) is 5.69 Å². The van der Waals surface area contributed by atoms with Crippen LogP contribution in [0.15, 0.2) is 65.0 Å². The van der Waals surface area contributed by atoms with Gasteiger partial charge in [-0.2, -0.15) is 0 Å². The topological polar surface area (TPSA) is 186 Å². The number of guanidine groups is 1. The third kappa shape index (κ3) is 6.32. The van der Waals surface area contributed by atoms with Crippen molar-refractivity contribution < 1.29 is 34.1 Å². The molecular weight excluding hydrogens is 532 g/mol. The van der Waals surface area contributed by atoms with Crippen molar-refractivity contribution >= 4 is 68.2 Å². The zero-order valence-electron chi connectivity index (χ0n) is 19.5. The van der Waals surface area contributed by atoms with Gasteiger partial charge in [0.1, 0.15) is 17.2 Å². The molecule has 6 N–H and O–H groups in total. The van der Waals surface area contributed by atoms with Crippen LogP contribution in [0.2, 0.25) is 0 Å². The Hall–Kier alpha value is -4.75. The van der Waals surface area contributed by atoms with E-state index in [0.717, 1.165) is 27.6 Å². The lowest BCUT2D eigenvalue weighted by atomic mass is 10.2. The lowest BCUT2D eigenvalue weighted by molar-refractivity contribution is -0.137. The first kappa shape index (κ1) is 26.3. The van der Waals surface area contributed by atoms with E-state index >= 15 is 0 Å². The molecule has 4 rings (SSSR count). The highest BCUT2D eigenvalue weighted by atomic mass is 32.1. The first-order chi connectivity index (χ1) is 18.1. The smallest absolute Gasteiger partial charge is 0.345 e. The van der Waals surface area contributed by atoms with Crippen molar-refractivity contribution in [3.63, 3.8) is 0 Å². The molecule has 0 spiro atoms. The summed E-state index contributed by atoms with van der Waals surface area (Å²) in [5.74, 6) is -3.26. The summed E-state index contributed by atoms with van der Waals surface area (Å²) in [5.41, 5.74) is 12.0. The van der Waals surface area contributed by atoms with Gasteiger partial charge in [-0.15, -0.1) is 22.7 Å². The molecule has 2 aromatic heterocycles. The Labute approximate surface area is 223 Å². The van der Waals surface area contributed by atoms with E-state index in [-0.39, 0.29) is 33.6 Å². The number of carbonyl (C=O) groups excluding carboxylic acids is 2. The average Bonchev–Trinajstić information content (AvgIpc) is 3.50. The van der Waals surface area contributed by atoms with E-state index in [4.69, 9.17) is 21.3 Å². The van der Waals surface area contributed by atoms with Gasteiger partial charge in [0, 0.05) is 11.2 Å². The van der Waals surface area contributed by atoms with Crippen molar-refractivity contribution in [2.75, 3.05) is 6.54 Å². The van der Waals surface area contributed by atoms with E-state index in [0.29, 0.717) is 21.3 Å². The number of benzene rings is 2. The number of carboxylic acids is 2. The molecule has 2 heterocycles. The van der Waals surface area contributed by atoms with Crippen LogP contribution in [0.1, 0.15) is 35.3 Å². The molecule has 0 atom stereocenters. The van der Waals surface area contributed by atoms with Crippen LogP contribution in [-0.4, -0.2) is 51.4 Å². The largest absolute Gasteiger partial charge is 0.480 e. The molecule has 1 amide bonds. The summed E-state index contributed by atoms with van der Waals surface area (Å²) in [7, 11) is 0. The maximum atomic E-state index is 13.2. The molecule has 0 aliphatic carbocycles. The number of ether oxygens (including phenoxy) is 1. The molecule has 2 aromatic carbocycles. The van der Waals surface area contributed by atoms with Gasteiger partial charge in [-0.1, -0.05) is 0 Å². The third-order valence-corrected chi connectivity index (χ3v) is 7.18. The van der Waals surface area contributed by atoms with E-state index in [9.17, 15) is 24.3 Å². The molecule has 13 heteroatoms. The van der Waals surface area contributed by atoms with Crippen molar-refractivity contribution in [1.82, 2.24) is 4.90 Å². The summed E-state index contributed by atoms with van der Waals surface area (Å²) in [6.45, 7) is -0.621. The van der Waals surface area contributed by atoms with Crippen LogP contribution in [0.25, 0.3) is 10.1 Å². The monoisotopic (exact) mass is 552 g/mol. The number of fused-ring (bicyclic) bond motifs is 1. The van der Waals surface area contributed by atoms with Gasteiger partial charge < -0.3 is 31.3 Å². The number of hydrogen-bond donors (Lipinski definition) is 4. The number of thiophene rings is 2. The number of carboxylic acid groups (broad SMARTS) is 2. The SMILES string of the molecule is NC(N)=Nc1ccc(C(=O)Oc2ccc3cc(C(=O)N(CC(=O)O)Cc4csc(C(=O)O)c4)sc3c2)cc1. The number of rotatable bonds is 9. The van der Waals surface area contributed by atoms with Crippen molar-refractivity contribution in [1.29, 1.82) is 0 Å². The van der Waals surface area contributed by atoms with Gasteiger partial charge >= 0.3 is 17.9 Å². The first-order valence-electron chi connectivity index (χ1n) is 10.9. The Morgan fingerprint density at radius 3 is 2.32 bits per heavy atom. The minimum Gasteiger partial charge on any atom is -0.480 e. The summed E-state index contributed by atoms with van der Waals surface area (Å²) in [6.07, 6.45) is 0. The lowest BCUT2D eigenvalue weighted by Gasteiger charge is -2.19. The highest BCUT2D eigenvalue weighted by molar-refractivity contribution is 7.20. The highest BCUT2D eigenvalue weighted by Crippen LogP contribution is 2.31. The predicted octanol–water partition coefficient (Wildman–Crippen LogP) is 3.51. The fourth-order valence-electron chi connectivity index (χ4n) is 3.48. The molecular formula is C25H20N4O7S2. The Morgan fingerprint density at radius 2 is 1.68 bits per heavy atom. The van der Waals surface area contributed by atoms with E-state index in [1.54, 1.807) is 41.8 Å². The molecule has 0 saturated heterocycles. The molecule has 11 nitrogen and oxygen atoms in total. The second kappa shape index (κ2) is 11.1. The van der Waals surface area contributed by atoms with Crippen LogP contribution in [0.3, 0.4) is 0 Å². The molecule has 4 aromatic rings. The van der Waals surface area contributed by atoms with Gasteiger partial charge in [0.05, 0.1) is 16.1 Å². The molecule has 0 fully saturated rings. The van der Waals surface area contributed by atoms with E-state index < -0.39 is 30.4 Å². The molecule has 38 heavy (non-hydrogen) atoms.